The Morgan fingerprint density at radius 3 is 2.38 bits per heavy atom. The molecule has 0 saturated heterocycles. The van der Waals surface area contributed by atoms with Crippen LogP contribution in [0.25, 0.3) is 0 Å². The monoisotopic (exact) mass is 221 g/mol. The number of nitrogens with one attached hydrogen (secondary N) is 1. The maximum Gasteiger partial charge on any atom is 0.128 e. The van der Waals surface area contributed by atoms with E-state index in [1.165, 1.54) is 0 Å². The van der Waals surface area contributed by atoms with Gasteiger partial charge < -0.3 is 10.2 Å². The van der Waals surface area contributed by atoms with Gasteiger partial charge in [0.05, 0.1) is 11.9 Å². The minimum Gasteiger partial charge on any atom is -0.384 e. The minimum atomic E-state index is 0.655. The van der Waals surface area contributed by atoms with E-state index in [1.54, 1.807) is 0 Å². The van der Waals surface area contributed by atoms with E-state index >= 15 is 0 Å². The third-order valence-electron chi connectivity index (χ3n) is 2.55. The molecule has 0 aliphatic heterocycles. The maximum atomic E-state index is 4.46. The smallest absolute Gasteiger partial charge is 0.128 e. The highest BCUT2D eigenvalue weighted by atomic mass is 15.2. The van der Waals surface area contributed by atoms with Crippen molar-refractivity contribution in [1.29, 1.82) is 0 Å². The Hall–Kier alpha value is -1.25. The zero-order valence-corrected chi connectivity index (χ0v) is 10.8. The largest absolute Gasteiger partial charge is 0.384 e. The first-order chi connectivity index (χ1) is 7.67. The summed E-state index contributed by atoms with van der Waals surface area (Å²) in [5.74, 6) is 1.71. The average Bonchev–Trinajstić information content (AvgIpc) is 2.29. The molecule has 0 fully saturated rings. The van der Waals surface area contributed by atoms with Crippen LogP contribution in [0.4, 0.5) is 11.5 Å². The van der Waals surface area contributed by atoms with Crippen LogP contribution in [0.3, 0.4) is 0 Å². The quantitative estimate of drug-likeness (QED) is 0.800. The second-order valence-electron chi connectivity index (χ2n) is 4.35. The summed E-state index contributed by atoms with van der Waals surface area (Å²) in [6.07, 6.45) is 1.91. The summed E-state index contributed by atoms with van der Waals surface area (Å²) in [5, 5.41) is 3.37. The van der Waals surface area contributed by atoms with Crippen LogP contribution in [0, 0.1) is 5.92 Å². The Balaban J connectivity index is 2.60. The molecule has 1 N–H and O–H groups in total. The zero-order chi connectivity index (χ0) is 12.0. The van der Waals surface area contributed by atoms with Crippen molar-refractivity contribution in [3.8, 4) is 0 Å². The molecule has 3 heteroatoms. The van der Waals surface area contributed by atoms with Crippen LogP contribution in [0.1, 0.15) is 27.7 Å². The van der Waals surface area contributed by atoms with Gasteiger partial charge >= 0.3 is 0 Å². The molecule has 0 aromatic carbocycles. The number of anilines is 2. The Labute approximate surface area is 98.9 Å². The summed E-state index contributed by atoms with van der Waals surface area (Å²) in [6, 6.07) is 4.18. The van der Waals surface area contributed by atoms with Gasteiger partial charge in [-0.05, 0) is 31.9 Å². The van der Waals surface area contributed by atoms with Gasteiger partial charge in [-0.1, -0.05) is 13.8 Å². The van der Waals surface area contributed by atoms with E-state index in [0.717, 1.165) is 31.1 Å². The SMILES string of the molecule is CCN(CC)c1ccc(NCC(C)C)cn1. The van der Waals surface area contributed by atoms with Gasteiger partial charge in [-0.2, -0.15) is 0 Å². The summed E-state index contributed by atoms with van der Waals surface area (Å²) in [5.41, 5.74) is 1.10. The maximum absolute atomic E-state index is 4.46. The number of hydrogen-bond donors (Lipinski definition) is 1. The van der Waals surface area contributed by atoms with Crippen LogP contribution in [0.5, 0.6) is 0 Å². The van der Waals surface area contributed by atoms with Crippen LogP contribution in [-0.2, 0) is 0 Å². The molecule has 1 heterocycles. The Morgan fingerprint density at radius 1 is 1.25 bits per heavy atom. The second kappa shape index (κ2) is 6.36. The summed E-state index contributed by atoms with van der Waals surface area (Å²) in [7, 11) is 0. The first-order valence-electron chi connectivity index (χ1n) is 6.12. The molecule has 0 saturated carbocycles. The van der Waals surface area contributed by atoms with Crippen molar-refractivity contribution in [1.82, 2.24) is 4.98 Å². The predicted molar refractivity (Wildman–Crippen MR) is 71.1 cm³/mol. The van der Waals surface area contributed by atoms with Crippen LogP contribution in [0.15, 0.2) is 18.3 Å². The predicted octanol–water partition coefficient (Wildman–Crippen LogP) is 3.00. The first-order valence-corrected chi connectivity index (χ1v) is 6.12. The molecule has 0 spiro atoms. The highest BCUT2D eigenvalue weighted by molar-refractivity contribution is 5.48. The molecule has 0 bridgehead atoms. The van der Waals surface area contributed by atoms with Crippen molar-refractivity contribution in [3.63, 3.8) is 0 Å². The second-order valence-corrected chi connectivity index (χ2v) is 4.35. The van der Waals surface area contributed by atoms with Crippen molar-refractivity contribution >= 4 is 11.5 Å². The Morgan fingerprint density at radius 2 is 1.94 bits per heavy atom. The standard InChI is InChI=1S/C13H23N3/c1-5-16(6-2)13-8-7-12(10-15-13)14-9-11(3)4/h7-8,10-11,14H,5-6,9H2,1-4H3. The number of nitrogens with zero attached hydrogens (tertiary/aromatic N) is 2. The molecule has 90 valence electrons. The molecule has 0 aliphatic carbocycles. The molecular weight excluding hydrogens is 198 g/mol. The summed E-state index contributed by atoms with van der Waals surface area (Å²) in [6.45, 7) is 11.7. The number of aromatic nitrogens is 1. The van der Waals surface area contributed by atoms with Gasteiger partial charge in [0.25, 0.3) is 0 Å². The lowest BCUT2D eigenvalue weighted by Gasteiger charge is -2.19. The number of rotatable bonds is 6. The molecule has 0 amide bonds. The van der Waals surface area contributed by atoms with E-state index in [0.29, 0.717) is 5.92 Å². The van der Waals surface area contributed by atoms with Gasteiger partial charge in [0.2, 0.25) is 0 Å². The molecular formula is C13H23N3. The summed E-state index contributed by atoms with van der Waals surface area (Å²) < 4.78 is 0. The van der Waals surface area contributed by atoms with E-state index in [-0.39, 0.29) is 0 Å². The van der Waals surface area contributed by atoms with E-state index in [2.05, 4.69) is 55.0 Å². The van der Waals surface area contributed by atoms with Crippen LogP contribution >= 0.6 is 0 Å². The molecule has 0 aliphatic rings. The lowest BCUT2D eigenvalue weighted by molar-refractivity contribution is 0.688. The van der Waals surface area contributed by atoms with Crippen molar-refractivity contribution in [3.05, 3.63) is 18.3 Å². The number of hydrogen-bond acceptors (Lipinski definition) is 3. The van der Waals surface area contributed by atoms with Crippen LogP contribution in [0.2, 0.25) is 0 Å². The summed E-state index contributed by atoms with van der Waals surface area (Å²) >= 11 is 0. The Kier molecular flexibility index (Phi) is 5.09. The van der Waals surface area contributed by atoms with E-state index in [4.69, 9.17) is 0 Å². The fourth-order valence-corrected chi connectivity index (χ4v) is 1.55. The summed E-state index contributed by atoms with van der Waals surface area (Å²) in [4.78, 5) is 6.70. The van der Waals surface area contributed by atoms with Crippen molar-refractivity contribution in [2.75, 3.05) is 29.9 Å². The fraction of sp³-hybridized carbons (Fsp3) is 0.615. The van der Waals surface area contributed by atoms with E-state index in [9.17, 15) is 0 Å². The fourth-order valence-electron chi connectivity index (χ4n) is 1.55. The topological polar surface area (TPSA) is 28.2 Å². The van der Waals surface area contributed by atoms with Crippen molar-refractivity contribution < 1.29 is 0 Å². The zero-order valence-electron chi connectivity index (χ0n) is 10.8. The molecule has 16 heavy (non-hydrogen) atoms. The first kappa shape index (κ1) is 12.8. The highest BCUT2D eigenvalue weighted by Gasteiger charge is 2.02. The van der Waals surface area contributed by atoms with Crippen LogP contribution in [-0.4, -0.2) is 24.6 Å². The molecule has 3 nitrogen and oxygen atoms in total. The molecule has 1 rings (SSSR count). The van der Waals surface area contributed by atoms with E-state index in [1.807, 2.05) is 6.20 Å². The highest BCUT2D eigenvalue weighted by Crippen LogP contribution is 2.13. The minimum absolute atomic E-state index is 0.655. The lowest BCUT2D eigenvalue weighted by atomic mass is 10.2. The lowest BCUT2D eigenvalue weighted by Crippen LogP contribution is -2.22. The van der Waals surface area contributed by atoms with Gasteiger partial charge in [0.15, 0.2) is 0 Å². The molecule has 1 aromatic heterocycles. The van der Waals surface area contributed by atoms with Crippen LogP contribution < -0.4 is 10.2 Å². The van der Waals surface area contributed by atoms with Crippen molar-refractivity contribution in [2.24, 2.45) is 5.92 Å². The van der Waals surface area contributed by atoms with Gasteiger partial charge in [0, 0.05) is 19.6 Å². The third-order valence-corrected chi connectivity index (χ3v) is 2.55. The van der Waals surface area contributed by atoms with Gasteiger partial charge in [0.1, 0.15) is 5.82 Å². The normalized spacial score (nSPS) is 10.6. The molecule has 0 radical (unpaired) electrons. The van der Waals surface area contributed by atoms with Gasteiger partial charge in [-0.25, -0.2) is 4.98 Å². The van der Waals surface area contributed by atoms with Crippen molar-refractivity contribution in [2.45, 2.75) is 27.7 Å². The number of pyridine rings is 1. The third kappa shape index (κ3) is 3.72. The Bertz CT molecular complexity index is 289. The van der Waals surface area contributed by atoms with Gasteiger partial charge in [-0.15, -0.1) is 0 Å². The molecule has 0 unspecified atom stereocenters. The molecule has 0 atom stereocenters. The van der Waals surface area contributed by atoms with E-state index < -0.39 is 0 Å². The molecule has 1 aromatic rings. The van der Waals surface area contributed by atoms with Gasteiger partial charge in [-0.3, -0.25) is 0 Å². The average molecular weight is 221 g/mol.